The number of carboxylic acid groups (broad SMARTS) is 1. The van der Waals surface area contributed by atoms with Gasteiger partial charge in [0.2, 0.25) is 11.8 Å². The molecule has 0 amide bonds. The predicted octanol–water partition coefficient (Wildman–Crippen LogP) is 2.80. The Hall–Kier alpha value is -2.15. The van der Waals surface area contributed by atoms with Crippen LogP contribution in [-0.4, -0.2) is 35.1 Å². The van der Waals surface area contributed by atoms with Crippen LogP contribution in [0.15, 0.2) is 34.9 Å². The summed E-state index contributed by atoms with van der Waals surface area (Å²) in [4.78, 5) is 21.0. The van der Waals surface area contributed by atoms with Crippen LogP contribution in [0.4, 0.5) is 5.95 Å². The van der Waals surface area contributed by atoms with Gasteiger partial charge in [-0.3, -0.25) is 0 Å². The summed E-state index contributed by atoms with van der Waals surface area (Å²) in [6.45, 7) is 0. The number of hydrogen-bond acceptors (Lipinski definition) is 5. The minimum Gasteiger partial charge on any atom is -0.478 e. The third-order valence-corrected chi connectivity index (χ3v) is 3.07. The number of nitrogens with zero attached hydrogens (tertiary/aromatic N) is 3. The molecule has 0 spiro atoms. The zero-order chi connectivity index (χ0) is 14.7. The number of hydrogen-bond donors (Lipinski definition) is 1. The van der Waals surface area contributed by atoms with Crippen molar-refractivity contribution in [3.8, 4) is 11.6 Å². The third-order valence-electron chi connectivity index (χ3n) is 2.41. The Morgan fingerprint density at radius 3 is 2.75 bits per heavy atom. The normalized spacial score (nSPS) is 10.2. The van der Waals surface area contributed by atoms with Crippen molar-refractivity contribution in [3.05, 3.63) is 40.5 Å². The van der Waals surface area contributed by atoms with Gasteiger partial charge in [0.1, 0.15) is 5.75 Å². The smallest absolute Gasteiger partial charge is 0.335 e. The van der Waals surface area contributed by atoms with Gasteiger partial charge >= 0.3 is 5.97 Å². The molecule has 104 valence electrons. The zero-order valence-corrected chi connectivity index (χ0v) is 12.5. The summed E-state index contributed by atoms with van der Waals surface area (Å²) >= 11 is 3.31. The molecule has 0 radical (unpaired) electrons. The van der Waals surface area contributed by atoms with Gasteiger partial charge in [0, 0.05) is 26.4 Å². The largest absolute Gasteiger partial charge is 0.478 e. The van der Waals surface area contributed by atoms with E-state index in [1.165, 1.54) is 12.1 Å². The second-order valence-corrected chi connectivity index (χ2v) is 5.00. The number of aromatic nitrogens is 2. The maximum Gasteiger partial charge on any atom is 0.335 e. The molecule has 6 nitrogen and oxygen atoms in total. The molecular weight excluding hydrogens is 326 g/mol. The first-order valence-corrected chi connectivity index (χ1v) is 6.48. The lowest BCUT2D eigenvalue weighted by Gasteiger charge is -2.12. The fourth-order valence-electron chi connectivity index (χ4n) is 1.43. The average Bonchev–Trinajstić information content (AvgIpc) is 2.41. The summed E-state index contributed by atoms with van der Waals surface area (Å²) in [5.74, 6) is 0.215. The minimum atomic E-state index is -1.01. The number of carbonyl (C=O) groups is 1. The monoisotopic (exact) mass is 337 g/mol. The lowest BCUT2D eigenvalue weighted by atomic mass is 10.2. The van der Waals surface area contributed by atoms with Gasteiger partial charge in [0.15, 0.2) is 0 Å². The van der Waals surface area contributed by atoms with E-state index in [2.05, 4.69) is 25.9 Å². The van der Waals surface area contributed by atoms with Gasteiger partial charge in [-0.25, -0.2) is 9.78 Å². The predicted molar refractivity (Wildman–Crippen MR) is 77.5 cm³/mol. The molecule has 0 saturated heterocycles. The Morgan fingerprint density at radius 1 is 1.35 bits per heavy atom. The summed E-state index contributed by atoms with van der Waals surface area (Å²) in [6.07, 6.45) is 1.58. The van der Waals surface area contributed by atoms with Gasteiger partial charge < -0.3 is 14.7 Å². The van der Waals surface area contributed by atoms with Crippen molar-refractivity contribution in [1.29, 1.82) is 0 Å². The molecule has 0 bridgehead atoms. The molecule has 1 N–H and O–H groups in total. The highest BCUT2D eigenvalue weighted by Gasteiger charge is 2.10. The van der Waals surface area contributed by atoms with Crippen LogP contribution in [0.2, 0.25) is 0 Å². The number of rotatable bonds is 4. The Bertz CT molecular complexity index is 647. The first-order chi connectivity index (χ1) is 9.47. The van der Waals surface area contributed by atoms with E-state index in [1.54, 1.807) is 23.2 Å². The van der Waals surface area contributed by atoms with Gasteiger partial charge in [-0.05, 0) is 34.1 Å². The van der Waals surface area contributed by atoms with Crippen LogP contribution in [0, 0.1) is 0 Å². The molecule has 1 aromatic heterocycles. The van der Waals surface area contributed by atoms with Crippen molar-refractivity contribution in [2.24, 2.45) is 0 Å². The number of halogens is 1. The van der Waals surface area contributed by atoms with Crippen molar-refractivity contribution in [2.45, 2.75) is 0 Å². The van der Waals surface area contributed by atoms with Gasteiger partial charge in [0.25, 0.3) is 0 Å². The Kier molecular flexibility index (Phi) is 4.19. The first kappa shape index (κ1) is 14.3. The third kappa shape index (κ3) is 3.24. The van der Waals surface area contributed by atoms with E-state index >= 15 is 0 Å². The molecule has 0 aliphatic heterocycles. The molecule has 1 aromatic carbocycles. The molecule has 2 rings (SSSR count). The molecule has 0 atom stereocenters. The van der Waals surface area contributed by atoms with Crippen molar-refractivity contribution >= 4 is 27.8 Å². The van der Waals surface area contributed by atoms with E-state index in [-0.39, 0.29) is 5.56 Å². The van der Waals surface area contributed by atoms with Crippen LogP contribution in [0.5, 0.6) is 11.6 Å². The van der Waals surface area contributed by atoms with Crippen molar-refractivity contribution in [1.82, 2.24) is 9.97 Å². The van der Waals surface area contributed by atoms with Gasteiger partial charge in [-0.1, -0.05) is 0 Å². The van der Waals surface area contributed by atoms with Crippen LogP contribution in [0.3, 0.4) is 0 Å². The van der Waals surface area contributed by atoms with Gasteiger partial charge in [-0.15, -0.1) is 0 Å². The first-order valence-electron chi connectivity index (χ1n) is 5.68. The molecule has 0 saturated carbocycles. The van der Waals surface area contributed by atoms with Crippen LogP contribution < -0.4 is 9.64 Å². The van der Waals surface area contributed by atoms with Crippen molar-refractivity contribution in [3.63, 3.8) is 0 Å². The van der Waals surface area contributed by atoms with Crippen LogP contribution >= 0.6 is 15.9 Å². The SMILES string of the molecule is CN(C)c1nccc(Oc2cc(C(=O)O)ccc2Br)n1. The van der Waals surface area contributed by atoms with Crippen molar-refractivity contribution < 1.29 is 14.6 Å². The van der Waals surface area contributed by atoms with E-state index in [1.807, 2.05) is 14.1 Å². The number of benzene rings is 1. The summed E-state index contributed by atoms with van der Waals surface area (Å²) in [5.41, 5.74) is 0.144. The number of carboxylic acids is 1. The van der Waals surface area contributed by atoms with E-state index in [9.17, 15) is 4.79 Å². The van der Waals surface area contributed by atoms with Gasteiger partial charge in [0.05, 0.1) is 10.0 Å². The number of ether oxygens (including phenoxy) is 1. The summed E-state index contributed by atoms with van der Waals surface area (Å²) in [5, 5.41) is 8.98. The maximum absolute atomic E-state index is 11.0. The number of aromatic carboxylic acids is 1. The van der Waals surface area contributed by atoms with Crippen LogP contribution in [0.1, 0.15) is 10.4 Å². The minimum absolute atomic E-state index is 0.144. The molecule has 1 heterocycles. The van der Waals surface area contributed by atoms with E-state index in [0.29, 0.717) is 22.1 Å². The maximum atomic E-state index is 11.0. The topological polar surface area (TPSA) is 75.6 Å². The lowest BCUT2D eigenvalue weighted by molar-refractivity contribution is 0.0696. The molecule has 0 aliphatic rings. The quantitative estimate of drug-likeness (QED) is 0.924. The summed E-state index contributed by atoms with van der Waals surface area (Å²) in [6, 6.07) is 6.15. The molecule has 0 aliphatic carbocycles. The Balaban J connectivity index is 2.32. The standard InChI is InChI=1S/C13H12BrN3O3/c1-17(2)13-15-6-5-11(16-13)20-10-7-8(12(18)19)3-4-9(10)14/h3-7H,1-2H3,(H,18,19). The second-order valence-electron chi connectivity index (χ2n) is 4.14. The van der Waals surface area contributed by atoms with E-state index < -0.39 is 5.97 Å². The van der Waals surface area contributed by atoms with Crippen LogP contribution in [0.25, 0.3) is 0 Å². The molecule has 2 aromatic rings. The Morgan fingerprint density at radius 2 is 2.10 bits per heavy atom. The van der Waals surface area contributed by atoms with Crippen molar-refractivity contribution in [2.75, 3.05) is 19.0 Å². The second kappa shape index (κ2) is 5.87. The Labute approximate surface area is 124 Å². The lowest BCUT2D eigenvalue weighted by Crippen LogP contribution is -2.12. The highest BCUT2D eigenvalue weighted by atomic mass is 79.9. The van der Waals surface area contributed by atoms with Gasteiger partial charge in [-0.2, -0.15) is 4.98 Å². The summed E-state index contributed by atoms with van der Waals surface area (Å²) < 4.78 is 6.25. The molecule has 7 heteroatoms. The average molecular weight is 338 g/mol. The molecular formula is C13H12BrN3O3. The number of anilines is 1. The molecule has 0 unspecified atom stereocenters. The van der Waals surface area contributed by atoms with E-state index in [0.717, 1.165) is 0 Å². The molecule has 0 fully saturated rings. The fourth-order valence-corrected chi connectivity index (χ4v) is 1.76. The summed E-state index contributed by atoms with van der Waals surface area (Å²) in [7, 11) is 3.64. The van der Waals surface area contributed by atoms with E-state index in [4.69, 9.17) is 9.84 Å². The highest BCUT2D eigenvalue weighted by Crippen LogP contribution is 2.30. The zero-order valence-electron chi connectivity index (χ0n) is 10.9. The van der Waals surface area contributed by atoms with Crippen LogP contribution in [-0.2, 0) is 0 Å². The fraction of sp³-hybridized carbons (Fsp3) is 0.154. The highest BCUT2D eigenvalue weighted by molar-refractivity contribution is 9.10. The molecule has 20 heavy (non-hydrogen) atoms.